The van der Waals surface area contributed by atoms with Crippen LogP contribution in [0.4, 0.5) is 0 Å². The maximum absolute atomic E-state index is 12.6. The summed E-state index contributed by atoms with van der Waals surface area (Å²) < 4.78 is 17.4. The lowest BCUT2D eigenvalue weighted by Crippen LogP contribution is -2.32. The molecule has 0 bridgehead atoms. The first-order chi connectivity index (χ1) is 13.6. The molecule has 0 saturated carbocycles. The molecule has 2 rings (SSSR count). The summed E-state index contributed by atoms with van der Waals surface area (Å²) in [7, 11) is 1.58. The van der Waals surface area contributed by atoms with E-state index in [1.54, 1.807) is 7.11 Å². The van der Waals surface area contributed by atoms with E-state index in [1.807, 2.05) is 49.4 Å². The molecule has 1 amide bonds. The minimum Gasteiger partial charge on any atom is -0.493 e. The average Bonchev–Trinajstić information content (AvgIpc) is 2.71. The Labute approximate surface area is 174 Å². The van der Waals surface area contributed by atoms with Crippen molar-refractivity contribution in [2.45, 2.75) is 19.4 Å². The third kappa shape index (κ3) is 6.29. The quantitative estimate of drug-likeness (QED) is 0.563. The highest BCUT2D eigenvalue weighted by molar-refractivity contribution is 9.10. The molecule has 6 heteroatoms. The summed E-state index contributed by atoms with van der Waals surface area (Å²) in [5, 5.41) is 2.94. The molecule has 0 fully saturated rings. The van der Waals surface area contributed by atoms with E-state index < -0.39 is 6.10 Å². The molecular formula is C22H24BrNO4. The van der Waals surface area contributed by atoms with Gasteiger partial charge in [0.05, 0.1) is 7.11 Å². The number of benzene rings is 2. The maximum Gasteiger partial charge on any atom is 0.253 e. The van der Waals surface area contributed by atoms with Gasteiger partial charge in [-0.2, -0.15) is 0 Å². The number of hydrogen-bond acceptors (Lipinski definition) is 4. The summed E-state index contributed by atoms with van der Waals surface area (Å²) in [6.45, 7) is 2.98. The molecule has 1 N–H and O–H groups in total. The van der Waals surface area contributed by atoms with Crippen LogP contribution in [0.2, 0.25) is 0 Å². The van der Waals surface area contributed by atoms with E-state index in [4.69, 9.17) is 20.6 Å². The molecule has 2 aromatic rings. The van der Waals surface area contributed by atoms with Crippen molar-refractivity contribution in [3.05, 3.63) is 58.1 Å². The minimum absolute atomic E-state index is 0.162. The van der Waals surface area contributed by atoms with E-state index in [-0.39, 0.29) is 12.5 Å². The lowest BCUT2D eigenvalue weighted by Gasteiger charge is -2.17. The molecular weight excluding hydrogens is 422 g/mol. The molecule has 5 nitrogen and oxygen atoms in total. The van der Waals surface area contributed by atoms with Gasteiger partial charge in [0.1, 0.15) is 6.61 Å². The van der Waals surface area contributed by atoms with Crippen molar-refractivity contribution in [1.82, 2.24) is 5.32 Å². The predicted molar refractivity (Wildman–Crippen MR) is 113 cm³/mol. The van der Waals surface area contributed by atoms with Crippen molar-refractivity contribution >= 4 is 21.8 Å². The predicted octanol–water partition coefficient (Wildman–Crippen LogP) is 3.91. The Bertz CT molecular complexity index is 814. The Morgan fingerprint density at radius 1 is 1.21 bits per heavy atom. The molecule has 28 heavy (non-hydrogen) atoms. The Kier molecular flexibility index (Phi) is 8.86. The molecule has 0 heterocycles. The number of ether oxygens (including phenoxy) is 3. The van der Waals surface area contributed by atoms with Crippen LogP contribution in [0.1, 0.15) is 24.2 Å². The van der Waals surface area contributed by atoms with Gasteiger partial charge in [-0.25, -0.2) is 0 Å². The van der Waals surface area contributed by atoms with Gasteiger partial charge in [0.2, 0.25) is 0 Å². The third-order valence-electron chi connectivity index (χ3n) is 4.00. The van der Waals surface area contributed by atoms with E-state index in [2.05, 4.69) is 27.2 Å². The number of terminal acetylenes is 1. The molecule has 0 aliphatic carbocycles. The van der Waals surface area contributed by atoms with Gasteiger partial charge in [-0.05, 0) is 48.7 Å². The zero-order chi connectivity index (χ0) is 20.4. The highest BCUT2D eigenvalue weighted by Crippen LogP contribution is 2.28. The highest BCUT2D eigenvalue weighted by Gasteiger charge is 2.20. The number of halogens is 1. The zero-order valence-corrected chi connectivity index (χ0v) is 17.6. The number of carbonyl (C=O) groups excluding carboxylic acids is 1. The van der Waals surface area contributed by atoms with Gasteiger partial charge in [-0.15, -0.1) is 6.42 Å². The third-order valence-corrected chi connectivity index (χ3v) is 4.52. The second-order valence-electron chi connectivity index (χ2n) is 5.91. The fourth-order valence-corrected chi connectivity index (χ4v) is 2.92. The van der Waals surface area contributed by atoms with Gasteiger partial charge < -0.3 is 19.5 Å². The van der Waals surface area contributed by atoms with E-state index in [0.717, 1.165) is 15.6 Å². The van der Waals surface area contributed by atoms with Crippen molar-refractivity contribution in [3.8, 4) is 23.8 Å². The molecule has 0 radical (unpaired) electrons. The van der Waals surface area contributed by atoms with Crippen molar-refractivity contribution < 1.29 is 19.0 Å². The Morgan fingerprint density at radius 3 is 2.61 bits per heavy atom. The SMILES string of the molecule is C#CCOc1ccc(CCNC(=O)C(OCC)c2ccc(Br)cc2)cc1OC. The van der Waals surface area contributed by atoms with Crippen LogP contribution in [-0.2, 0) is 16.0 Å². The van der Waals surface area contributed by atoms with Crippen molar-refractivity contribution in [2.75, 3.05) is 26.9 Å². The van der Waals surface area contributed by atoms with Gasteiger partial charge in [0.15, 0.2) is 17.6 Å². The number of carbonyl (C=O) groups is 1. The van der Waals surface area contributed by atoms with E-state index >= 15 is 0 Å². The van der Waals surface area contributed by atoms with Crippen molar-refractivity contribution in [3.63, 3.8) is 0 Å². The van der Waals surface area contributed by atoms with Crippen LogP contribution >= 0.6 is 15.9 Å². The average molecular weight is 446 g/mol. The standard InChI is InChI=1S/C22H24BrNO4/c1-4-14-28-19-11-6-16(15-20(19)26-3)12-13-24-22(25)21(27-5-2)17-7-9-18(23)10-8-17/h1,6-11,15,21H,5,12-14H2,2-3H3,(H,24,25). The summed E-state index contributed by atoms with van der Waals surface area (Å²) in [6, 6.07) is 13.2. The largest absolute Gasteiger partial charge is 0.493 e. The molecule has 1 atom stereocenters. The first-order valence-electron chi connectivity index (χ1n) is 8.97. The molecule has 2 aromatic carbocycles. The van der Waals surface area contributed by atoms with Gasteiger partial charge in [-0.3, -0.25) is 4.79 Å². The van der Waals surface area contributed by atoms with Crippen LogP contribution in [0.25, 0.3) is 0 Å². The molecule has 148 valence electrons. The summed E-state index contributed by atoms with van der Waals surface area (Å²) in [5.74, 6) is 3.47. The highest BCUT2D eigenvalue weighted by atomic mass is 79.9. The summed E-state index contributed by atoms with van der Waals surface area (Å²) >= 11 is 3.40. The molecule has 0 aliphatic heterocycles. The van der Waals surface area contributed by atoms with Crippen LogP contribution in [-0.4, -0.2) is 32.8 Å². The van der Waals surface area contributed by atoms with Gasteiger partial charge in [0.25, 0.3) is 5.91 Å². The van der Waals surface area contributed by atoms with Gasteiger partial charge in [0, 0.05) is 17.6 Å². The summed E-state index contributed by atoms with van der Waals surface area (Å²) in [5.41, 5.74) is 1.83. The van der Waals surface area contributed by atoms with Crippen LogP contribution in [0.5, 0.6) is 11.5 Å². The lowest BCUT2D eigenvalue weighted by molar-refractivity contribution is -0.132. The fraction of sp³-hybridized carbons (Fsp3) is 0.318. The second kappa shape index (κ2) is 11.4. The van der Waals surface area contributed by atoms with E-state index in [1.165, 1.54) is 0 Å². The molecule has 1 unspecified atom stereocenters. The van der Waals surface area contributed by atoms with Crippen LogP contribution in [0.3, 0.4) is 0 Å². The molecule has 0 saturated heterocycles. The van der Waals surface area contributed by atoms with Crippen LogP contribution in [0, 0.1) is 12.3 Å². The normalized spacial score (nSPS) is 11.4. The molecule has 0 aliphatic rings. The zero-order valence-electron chi connectivity index (χ0n) is 16.0. The minimum atomic E-state index is -0.632. The Hall–Kier alpha value is -2.49. The fourth-order valence-electron chi connectivity index (χ4n) is 2.66. The topological polar surface area (TPSA) is 56.8 Å². The van der Waals surface area contributed by atoms with Gasteiger partial charge >= 0.3 is 0 Å². The summed E-state index contributed by atoms with van der Waals surface area (Å²) in [4.78, 5) is 12.6. The smallest absolute Gasteiger partial charge is 0.253 e. The van der Waals surface area contributed by atoms with Crippen molar-refractivity contribution in [2.24, 2.45) is 0 Å². The Balaban J connectivity index is 1.96. The number of hydrogen-bond donors (Lipinski definition) is 1. The van der Waals surface area contributed by atoms with Crippen LogP contribution in [0.15, 0.2) is 46.9 Å². The molecule has 0 spiro atoms. The summed E-state index contributed by atoms with van der Waals surface area (Å²) in [6.07, 6.45) is 5.24. The van der Waals surface area contributed by atoms with Gasteiger partial charge in [-0.1, -0.05) is 40.0 Å². The van der Waals surface area contributed by atoms with E-state index in [9.17, 15) is 4.79 Å². The van der Waals surface area contributed by atoms with Crippen molar-refractivity contribution in [1.29, 1.82) is 0 Å². The van der Waals surface area contributed by atoms with Crippen LogP contribution < -0.4 is 14.8 Å². The second-order valence-corrected chi connectivity index (χ2v) is 6.82. The molecule has 0 aromatic heterocycles. The number of amides is 1. The number of rotatable bonds is 10. The first kappa shape index (κ1) is 21.8. The van der Waals surface area contributed by atoms with E-state index in [0.29, 0.717) is 31.1 Å². The number of methoxy groups -OCH3 is 1. The monoisotopic (exact) mass is 445 g/mol. The Morgan fingerprint density at radius 2 is 1.96 bits per heavy atom. The maximum atomic E-state index is 12.6. The number of nitrogens with one attached hydrogen (secondary N) is 1. The lowest BCUT2D eigenvalue weighted by atomic mass is 10.1. The first-order valence-corrected chi connectivity index (χ1v) is 9.76.